The molecule has 3 N–H and O–H groups in total. The number of anilines is 1. The number of imidazole rings is 1. The van der Waals surface area contributed by atoms with Crippen molar-refractivity contribution >= 4 is 49.6 Å². The van der Waals surface area contributed by atoms with Crippen LogP contribution >= 0.6 is 15.9 Å². The van der Waals surface area contributed by atoms with Gasteiger partial charge in [0, 0.05) is 28.7 Å². The van der Waals surface area contributed by atoms with Gasteiger partial charge in [-0.3, -0.25) is 4.79 Å². The van der Waals surface area contributed by atoms with Crippen LogP contribution in [0.4, 0.5) is 5.82 Å². The van der Waals surface area contributed by atoms with Crippen molar-refractivity contribution in [3.05, 3.63) is 64.4 Å². The fourth-order valence-corrected chi connectivity index (χ4v) is 4.27. The van der Waals surface area contributed by atoms with Gasteiger partial charge in [-0.2, -0.15) is 0 Å². The van der Waals surface area contributed by atoms with Gasteiger partial charge in [-0.15, -0.1) is 0 Å². The third kappa shape index (κ3) is 2.92. The Bertz CT molecular complexity index is 1200. The number of nitrogens with zero attached hydrogens (tertiary/aromatic N) is 3. The second-order valence-corrected chi connectivity index (χ2v) is 8.07. The van der Waals surface area contributed by atoms with Crippen LogP contribution in [-0.2, 0) is 11.3 Å². The van der Waals surface area contributed by atoms with Gasteiger partial charge in [0.25, 0.3) is 0 Å². The zero-order valence-corrected chi connectivity index (χ0v) is 16.6. The molecule has 1 unspecified atom stereocenters. The zero-order chi connectivity index (χ0) is 19.3. The molecule has 7 heteroatoms. The maximum Gasteiger partial charge on any atom is 0.223 e. The highest BCUT2D eigenvalue weighted by molar-refractivity contribution is 9.10. The van der Waals surface area contributed by atoms with Crippen LogP contribution in [0, 0.1) is 0 Å². The van der Waals surface area contributed by atoms with Crippen LogP contribution in [0.1, 0.15) is 23.7 Å². The van der Waals surface area contributed by atoms with Gasteiger partial charge in [0.2, 0.25) is 5.91 Å². The lowest BCUT2D eigenvalue weighted by molar-refractivity contribution is -0.128. The molecule has 3 heterocycles. The van der Waals surface area contributed by atoms with E-state index in [9.17, 15) is 4.79 Å². The van der Waals surface area contributed by atoms with Crippen LogP contribution in [0.3, 0.4) is 0 Å². The van der Waals surface area contributed by atoms with E-state index in [4.69, 9.17) is 5.73 Å². The highest BCUT2D eigenvalue weighted by Crippen LogP contribution is 2.31. The molecule has 0 saturated carbocycles. The van der Waals surface area contributed by atoms with E-state index >= 15 is 0 Å². The van der Waals surface area contributed by atoms with Crippen LogP contribution in [0.25, 0.3) is 21.9 Å². The summed E-state index contributed by atoms with van der Waals surface area (Å²) in [6.45, 7) is 1.13. The number of benzene rings is 2. The van der Waals surface area contributed by atoms with Crippen molar-refractivity contribution in [3.8, 4) is 0 Å². The molecule has 1 fully saturated rings. The third-order valence-electron chi connectivity index (χ3n) is 5.29. The van der Waals surface area contributed by atoms with Gasteiger partial charge >= 0.3 is 0 Å². The standard InChI is InChI=1S/C21H18BrN5O/c22-14-6-7-15-16(9-14)24-21(23)20-19(15)25-17(26-20)11-27-10-13(8-18(27)28)12-4-2-1-3-5-12/h1-7,9,13H,8,10-11H2,(H2,23,24)(H,25,26). The van der Waals surface area contributed by atoms with E-state index in [1.165, 1.54) is 5.56 Å². The number of halogens is 1. The molecule has 28 heavy (non-hydrogen) atoms. The van der Waals surface area contributed by atoms with Crippen LogP contribution < -0.4 is 5.73 Å². The van der Waals surface area contributed by atoms with Gasteiger partial charge in [-0.1, -0.05) is 46.3 Å². The minimum atomic E-state index is 0.147. The predicted octanol–water partition coefficient (Wildman–Crippen LogP) is 3.97. The van der Waals surface area contributed by atoms with Gasteiger partial charge in [0.1, 0.15) is 11.3 Å². The number of H-pyrrole nitrogens is 1. The van der Waals surface area contributed by atoms with Crippen molar-refractivity contribution in [2.75, 3.05) is 12.3 Å². The SMILES string of the molecule is Nc1nc2cc(Br)ccc2c2[nH]c(CN3CC(c4ccccc4)CC3=O)nc12. The molecule has 0 bridgehead atoms. The summed E-state index contributed by atoms with van der Waals surface area (Å²) >= 11 is 3.47. The molecule has 1 aliphatic rings. The van der Waals surface area contributed by atoms with Crippen molar-refractivity contribution in [2.24, 2.45) is 0 Å². The first-order chi connectivity index (χ1) is 13.6. The Kier molecular flexibility index (Phi) is 4.05. The van der Waals surface area contributed by atoms with Gasteiger partial charge in [-0.05, 0) is 23.8 Å². The topological polar surface area (TPSA) is 87.9 Å². The summed E-state index contributed by atoms with van der Waals surface area (Å²) in [5, 5.41) is 0.959. The molecule has 6 nitrogen and oxygen atoms in total. The second kappa shape index (κ2) is 6.60. The van der Waals surface area contributed by atoms with E-state index in [1.807, 2.05) is 41.3 Å². The molecule has 0 radical (unpaired) electrons. The Balaban J connectivity index is 1.46. The molecule has 0 spiro atoms. The number of amides is 1. The van der Waals surface area contributed by atoms with E-state index in [0.29, 0.717) is 30.8 Å². The lowest BCUT2D eigenvalue weighted by Gasteiger charge is -2.15. The number of hydrogen-bond acceptors (Lipinski definition) is 4. The second-order valence-electron chi connectivity index (χ2n) is 7.15. The summed E-state index contributed by atoms with van der Waals surface area (Å²) in [7, 11) is 0. The molecule has 1 atom stereocenters. The summed E-state index contributed by atoms with van der Waals surface area (Å²) in [4.78, 5) is 26.8. The van der Waals surface area contributed by atoms with Crippen molar-refractivity contribution in [1.82, 2.24) is 19.9 Å². The third-order valence-corrected chi connectivity index (χ3v) is 5.78. The van der Waals surface area contributed by atoms with Crippen LogP contribution in [0.15, 0.2) is 53.0 Å². The molecule has 140 valence electrons. The normalized spacial score (nSPS) is 17.1. The molecule has 5 rings (SSSR count). The zero-order valence-electron chi connectivity index (χ0n) is 15.0. The lowest BCUT2D eigenvalue weighted by Crippen LogP contribution is -2.25. The molecular weight excluding hydrogens is 418 g/mol. The van der Waals surface area contributed by atoms with Crippen LogP contribution in [0.2, 0.25) is 0 Å². The summed E-state index contributed by atoms with van der Waals surface area (Å²) in [5.41, 5.74) is 9.64. The quantitative estimate of drug-likeness (QED) is 0.509. The van der Waals surface area contributed by atoms with Gasteiger partial charge in [-0.25, -0.2) is 9.97 Å². The number of likely N-dealkylation sites (tertiary alicyclic amines) is 1. The monoisotopic (exact) mass is 435 g/mol. The lowest BCUT2D eigenvalue weighted by atomic mass is 9.99. The van der Waals surface area contributed by atoms with E-state index in [2.05, 4.69) is 43.0 Å². The minimum absolute atomic E-state index is 0.147. The average Bonchev–Trinajstić information content (AvgIpc) is 3.27. The van der Waals surface area contributed by atoms with Gasteiger partial charge in [0.15, 0.2) is 5.82 Å². The molecule has 1 amide bonds. The van der Waals surface area contributed by atoms with E-state index in [-0.39, 0.29) is 11.8 Å². The Morgan fingerprint density at radius 2 is 2.00 bits per heavy atom. The molecule has 1 aliphatic heterocycles. The van der Waals surface area contributed by atoms with Crippen LogP contribution in [0.5, 0.6) is 0 Å². The molecular formula is C21H18BrN5O. The molecule has 4 aromatic rings. The molecule has 1 saturated heterocycles. The van der Waals surface area contributed by atoms with Crippen molar-refractivity contribution in [1.29, 1.82) is 0 Å². The number of pyridine rings is 1. The number of aromatic amines is 1. The molecule has 2 aromatic heterocycles. The van der Waals surface area contributed by atoms with E-state index in [1.54, 1.807) is 0 Å². The predicted molar refractivity (Wildman–Crippen MR) is 113 cm³/mol. The largest absolute Gasteiger partial charge is 0.382 e. The van der Waals surface area contributed by atoms with E-state index in [0.717, 1.165) is 26.7 Å². The van der Waals surface area contributed by atoms with Gasteiger partial charge < -0.3 is 15.6 Å². The number of aromatic nitrogens is 3. The molecule has 2 aromatic carbocycles. The number of rotatable bonds is 3. The van der Waals surface area contributed by atoms with Gasteiger partial charge in [0.05, 0.1) is 17.6 Å². The minimum Gasteiger partial charge on any atom is -0.382 e. The smallest absolute Gasteiger partial charge is 0.223 e. The maximum absolute atomic E-state index is 12.5. The average molecular weight is 436 g/mol. The number of nitrogens with two attached hydrogens (primary N) is 1. The first-order valence-corrected chi connectivity index (χ1v) is 9.94. The Labute approximate surface area is 169 Å². The number of carbonyl (C=O) groups is 1. The van der Waals surface area contributed by atoms with Crippen molar-refractivity contribution in [2.45, 2.75) is 18.9 Å². The number of carbonyl (C=O) groups excluding carboxylic acids is 1. The number of nitrogen functional groups attached to an aromatic ring is 1. The number of nitrogens with one attached hydrogen (secondary N) is 1. The maximum atomic E-state index is 12.5. The number of hydrogen-bond donors (Lipinski definition) is 2. The Hall–Kier alpha value is -2.93. The summed E-state index contributed by atoms with van der Waals surface area (Å²) in [6, 6.07) is 16.1. The summed E-state index contributed by atoms with van der Waals surface area (Å²) < 4.78 is 0.945. The van der Waals surface area contributed by atoms with E-state index < -0.39 is 0 Å². The highest BCUT2D eigenvalue weighted by atomic mass is 79.9. The Morgan fingerprint density at radius 3 is 2.82 bits per heavy atom. The fraction of sp³-hybridized carbons (Fsp3) is 0.190. The fourth-order valence-electron chi connectivity index (χ4n) is 3.92. The summed E-state index contributed by atoms with van der Waals surface area (Å²) in [5.74, 6) is 1.48. The molecule has 0 aliphatic carbocycles. The highest BCUT2D eigenvalue weighted by Gasteiger charge is 2.31. The number of fused-ring (bicyclic) bond motifs is 3. The summed E-state index contributed by atoms with van der Waals surface area (Å²) in [6.07, 6.45) is 0.533. The van der Waals surface area contributed by atoms with Crippen molar-refractivity contribution < 1.29 is 4.79 Å². The first kappa shape index (κ1) is 17.2. The first-order valence-electron chi connectivity index (χ1n) is 9.14. The van der Waals surface area contributed by atoms with Crippen molar-refractivity contribution in [3.63, 3.8) is 0 Å². The van der Waals surface area contributed by atoms with Crippen LogP contribution in [-0.4, -0.2) is 32.3 Å². The Morgan fingerprint density at radius 1 is 1.18 bits per heavy atom.